The van der Waals surface area contributed by atoms with Gasteiger partial charge >= 0.3 is 0 Å². The van der Waals surface area contributed by atoms with Gasteiger partial charge in [-0.25, -0.2) is 4.39 Å². The molecule has 3 aromatic rings. The number of allylic oxidation sites excluding steroid dienone is 1. The highest BCUT2D eigenvalue weighted by atomic mass is 19.1. The number of aryl methyl sites for hydroxylation is 1. The fourth-order valence-corrected chi connectivity index (χ4v) is 2.93. The highest BCUT2D eigenvalue weighted by Gasteiger charge is 2.20. The second-order valence-electron chi connectivity index (χ2n) is 5.38. The van der Waals surface area contributed by atoms with Gasteiger partial charge in [-0.3, -0.25) is 4.79 Å². The normalized spacial score (nSPS) is 15.4. The highest BCUT2D eigenvalue weighted by molar-refractivity contribution is 5.85. The quantitative estimate of drug-likeness (QED) is 0.688. The molecule has 0 unspecified atom stereocenters. The molecule has 0 saturated heterocycles. The van der Waals surface area contributed by atoms with E-state index in [0.717, 1.165) is 29.6 Å². The Balaban J connectivity index is 1.89. The Labute approximate surface area is 126 Å². The molecule has 2 heterocycles. The average Bonchev–Trinajstić information content (AvgIpc) is 2.93. The van der Waals surface area contributed by atoms with Crippen LogP contribution in [-0.2, 0) is 6.54 Å². The van der Waals surface area contributed by atoms with Crippen LogP contribution in [0.5, 0.6) is 0 Å². The minimum Gasteiger partial charge on any atom is -0.325 e. The van der Waals surface area contributed by atoms with Gasteiger partial charge in [-0.05, 0) is 47.9 Å². The lowest BCUT2D eigenvalue weighted by molar-refractivity contribution is 0.628. The van der Waals surface area contributed by atoms with Crippen LogP contribution in [0.1, 0.15) is 17.8 Å². The van der Waals surface area contributed by atoms with Crippen LogP contribution in [0.3, 0.4) is 0 Å². The van der Waals surface area contributed by atoms with Crippen LogP contribution in [-0.4, -0.2) is 9.55 Å². The summed E-state index contributed by atoms with van der Waals surface area (Å²) in [6.45, 7) is 0.802. The van der Waals surface area contributed by atoms with Gasteiger partial charge in [0.05, 0.1) is 10.9 Å². The van der Waals surface area contributed by atoms with Gasteiger partial charge in [-0.15, -0.1) is 0 Å². The lowest BCUT2D eigenvalue weighted by atomic mass is 10.1. The van der Waals surface area contributed by atoms with Crippen molar-refractivity contribution in [1.82, 2.24) is 9.55 Å². The minimum atomic E-state index is -0.255. The van der Waals surface area contributed by atoms with Crippen LogP contribution >= 0.6 is 0 Å². The summed E-state index contributed by atoms with van der Waals surface area (Å²) in [7, 11) is 0. The topological polar surface area (TPSA) is 34.9 Å². The molecule has 0 amide bonds. The van der Waals surface area contributed by atoms with Crippen LogP contribution in [0.2, 0.25) is 0 Å². The van der Waals surface area contributed by atoms with E-state index in [1.165, 1.54) is 12.1 Å². The number of nitrogens with zero attached hydrogens (tertiary/aromatic N) is 2. The fourth-order valence-electron chi connectivity index (χ4n) is 2.93. The van der Waals surface area contributed by atoms with Gasteiger partial charge in [0, 0.05) is 6.54 Å². The van der Waals surface area contributed by atoms with Gasteiger partial charge < -0.3 is 4.57 Å². The molecule has 4 heteroatoms. The van der Waals surface area contributed by atoms with Crippen molar-refractivity contribution >= 4 is 22.6 Å². The molecule has 0 saturated carbocycles. The summed E-state index contributed by atoms with van der Waals surface area (Å²) in [5, 5.41) is 0.647. The molecule has 0 aliphatic carbocycles. The zero-order chi connectivity index (χ0) is 15.1. The first-order valence-corrected chi connectivity index (χ1v) is 7.18. The Morgan fingerprint density at radius 1 is 1.09 bits per heavy atom. The first-order valence-electron chi connectivity index (χ1n) is 7.18. The molecule has 0 spiro atoms. The molecule has 22 heavy (non-hydrogen) atoms. The summed E-state index contributed by atoms with van der Waals surface area (Å²) in [4.78, 5) is 16.4. The number of benzene rings is 2. The predicted molar refractivity (Wildman–Crippen MR) is 84.9 cm³/mol. The number of aromatic nitrogens is 2. The van der Waals surface area contributed by atoms with Crippen LogP contribution in [0.4, 0.5) is 4.39 Å². The van der Waals surface area contributed by atoms with Gasteiger partial charge in [0.15, 0.2) is 0 Å². The first-order chi connectivity index (χ1) is 10.7. The maximum atomic E-state index is 13.0. The maximum absolute atomic E-state index is 13.0. The number of rotatable bonds is 1. The van der Waals surface area contributed by atoms with Crippen molar-refractivity contribution in [2.75, 3.05) is 0 Å². The smallest absolute Gasteiger partial charge is 0.281 e. The number of fused-ring (bicyclic) bond motifs is 3. The van der Waals surface area contributed by atoms with Crippen molar-refractivity contribution in [3.63, 3.8) is 0 Å². The van der Waals surface area contributed by atoms with Crippen molar-refractivity contribution in [3.05, 3.63) is 76.1 Å². The van der Waals surface area contributed by atoms with Crippen LogP contribution < -0.4 is 5.56 Å². The number of halogens is 1. The number of hydrogen-bond donors (Lipinski definition) is 0. The van der Waals surface area contributed by atoms with E-state index in [2.05, 4.69) is 9.55 Å². The second-order valence-corrected chi connectivity index (χ2v) is 5.38. The molecule has 2 aromatic carbocycles. The van der Waals surface area contributed by atoms with Crippen molar-refractivity contribution < 1.29 is 4.39 Å². The van der Waals surface area contributed by atoms with Gasteiger partial charge in [0.2, 0.25) is 0 Å². The molecule has 1 aliphatic rings. The van der Waals surface area contributed by atoms with E-state index in [1.807, 2.05) is 24.3 Å². The lowest BCUT2D eigenvalue weighted by Gasteiger charge is -2.07. The third-order valence-corrected chi connectivity index (χ3v) is 3.99. The Bertz CT molecular complexity index is 955. The van der Waals surface area contributed by atoms with E-state index in [-0.39, 0.29) is 11.4 Å². The zero-order valence-corrected chi connectivity index (χ0v) is 11.8. The summed E-state index contributed by atoms with van der Waals surface area (Å²) in [5.41, 5.74) is 2.63. The third-order valence-electron chi connectivity index (χ3n) is 3.99. The zero-order valence-electron chi connectivity index (χ0n) is 11.8. The summed E-state index contributed by atoms with van der Waals surface area (Å²) >= 11 is 0. The van der Waals surface area contributed by atoms with E-state index < -0.39 is 0 Å². The molecule has 3 nitrogen and oxygen atoms in total. The van der Waals surface area contributed by atoms with Gasteiger partial charge in [0.25, 0.3) is 5.56 Å². The molecule has 108 valence electrons. The van der Waals surface area contributed by atoms with Gasteiger partial charge in [-0.1, -0.05) is 24.3 Å². The summed E-state index contributed by atoms with van der Waals surface area (Å²) in [5.74, 6) is 0.460. The largest absolute Gasteiger partial charge is 0.325 e. The summed E-state index contributed by atoms with van der Waals surface area (Å²) < 4.78 is 15.1. The third kappa shape index (κ3) is 2.04. The van der Waals surface area contributed by atoms with E-state index in [0.29, 0.717) is 11.2 Å². The molecule has 0 fully saturated rings. The van der Waals surface area contributed by atoms with E-state index in [9.17, 15) is 9.18 Å². The number of para-hydroxylation sites is 1. The minimum absolute atomic E-state index is 0.200. The molecule has 1 aromatic heterocycles. The molecule has 4 rings (SSSR count). The molecular formula is C18H13FN2O. The molecule has 1 aliphatic heterocycles. The summed E-state index contributed by atoms with van der Waals surface area (Å²) in [6, 6.07) is 13.8. The Morgan fingerprint density at radius 3 is 2.68 bits per heavy atom. The van der Waals surface area contributed by atoms with Gasteiger partial charge in [0.1, 0.15) is 11.6 Å². The van der Waals surface area contributed by atoms with Crippen molar-refractivity contribution in [1.29, 1.82) is 0 Å². The Morgan fingerprint density at radius 2 is 1.86 bits per heavy atom. The Kier molecular flexibility index (Phi) is 2.89. The van der Waals surface area contributed by atoms with E-state index >= 15 is 0 Å². The standard InChI is InChI=1S/C18H13FN2O/c19-14-7-5-12(6-8-14)11-13-9-10-21-16-4-2-1-3-15(16)18(22)20-17(13)21/h1-8,11H,9-10H2. The molecule has 0 atom stereocenters. The Hall–Kier alpha value is -2.75. The number of hydrogen-bond acceptors (Lipinski definition) is 2. The van der Waals surface area contributed by atoms with E-state index in [4.69, 9.17) is 0 Å². The monoisotopic (exact) mass is 292 g/mol. The van der Waals surface area contributed by atoms with Crippen molar-refractivity contribution in [3.8, 4) is 0 Å². The fraction of sp³-hybridized carbons (Fsp3) is 0.111. The molecule has 0 N–H and O–H groups in total. The first kappa shape index (κ1) is 13.0. The SMILES string of the molecule is O=c1nc2n(c3ccccc13)CCC2=Cc1ccc(F)cc1. The van der Waals surface area contributed by atoms with Gasteiger partial charge in [-0.2, -0.15) is 4.98 Å². The molecule has 0 bridgehead atoms. The summed E-state index contributed by atoms with van der Waals surface area (Å²) in [6.07, 6.45) is 2.79. The average molecular weight is 292 g/mol. The van der Waals surface area contributed by atoms with E-state index in [1.54, 1.807) is 18.2 Å². The van der Waals surface area contributed by atoms with Crippen molar-refractivity contribution in [2.24, 2.45) is 0 Å². The second kappa shape index (κ2) is 4.91. The van der Waals surface area contributed by atoms with Crippen molar-refractivity contribution in [2.45, 2.75) is 13.0 Å². The molecule has 0 radical (unpaired) electrons. The predicted octanol–water partition coefficient (Wildman–Crippen LogP) is 3.48. The van der Waals surface area contributed by atoms with Crippen LogP contribution in [0.25, 0.3) is 22.6 Å². The molecular weight excluding hydrogens is 279 g/mol. The maximum Gasteiger partial charge on any atom is 0.281 e. The highest BCUT2D eigenvalue weighted by Crippen LogP contribution is 2.29. The van der Waals surface area contributed by atoms with Crippen LogP contribution in [0.15, 0.2) is 53.3 Å². The van der Waals surface area contributed by atoms with Crippen LogP contribution in [0, 0.1) is 5.82 Å². The lowest BCUT2D eigenvalue weighted by Crippen LogP contribution is -2.14.